The molecule has 0 amide bonds. The highest BCUT2D eigenvalue weighted by atomic mass is 19.2. The molecular weight excluding hydrogens is 222 g/mol. The maximum atomic E-state index is 13.6. The van der Waals surface area contributed by atoms with Crippen LogP contribution in [0.15, 0.2) is 12.1 Å². The van der Waals surface area contributed by atoms with Crippen LogP contribution in [0.3, 0.4) is 0 Å². The molecule has 0 radical (unpaired) electrons. The van der Waals surface area contributed by atoms with Crippen molar-refractivity contribution in [3.63, 3.8) is 0 Å². The fourth-order valence-electron chi connectivity index (χ4n) is 1.86. The normalized spacial score (nSPS) is 10.5. The quantitative estimate of drug-likeness (QED) is 0.767. The molecule has 2 rings (SSSR count). The molecule has 17 heavy (non-hydrogen) atoms. The van der Waals surface area contributed by atoms with E-state index in [9.17, 15) is 8.78 Å². The van der Waals surface area contributed by atoms with Gasteiger partial charge in [0.05, 0.1) is 11.1 Å². The first-order valence-corrected chi connectivity index (χ1v) is 5.12. The smallest absolute Gasteiger partial charge is 0.175 e. The van der Waals surface area contributed by atoms with Crippen LogP contribution in [-0.2, 0) is 6.42 Å². The summed E-state index contributed by atoms with van der Waals surface area (Å²) in [6.07, 6.45) is 5.85. The van der Waals surface area contributed by atoms with Gasteiger partial charge in [0.25, 0.3) is 0 Å². The summed E-state index contributed by atoms with van der Waals surface area (Å²) in [7, 11) is 0. The standard InChI is InChI=1S/C13H10F2N2/c1-3-7-5-11(16)17-10-6-9(14)13(15)8(4-2)12(7)10/h2,5-6H,3H2,1H3,(H2,16,17). The molecule has 0 saturated carbocycles. The summed E-state index contributed by atoms with van der Waals surface area (Å²) in [6.45, 7) is 1.88. The van der Waals surface area contributed by atoms with Gasteiger partial charge < -0.3 is 5.73 Å². The van der Waals surface area contributed by atoms with Crippen LogP contribution >= 0.6 is 0 Å². The highest BCUT2D eigenvalue weighted by Gasteiger charge is 2.15. The van der Waals surface area contributed by atoms with Crippen molar-refractivity contribution in [1.29, 1.82) is 0 Å². The van der Waals surface area contributed by atoms with E-state index in [4.69, 9.17) is 12.2 Å². The molecule has 2 N–H and O–H groups in total. The van der Waals surface area contributed by atoms with Crippen molar-refractivity contribution in [2.45, 2.75) is 13.3 Å². The van der Waals surface area contributed by atoms with Crippen molar-refractivity contribution in [1.82, 2.24) is 4.98 Å². The predicted octanol–water partition coefficient (Wildman–Crippen LogP) is 2.64. The van der Waals surface area contributed by atoms with Crippen LogP contribution in [0.5, 0.6) is 0 Å². The minimum atomic E-state index is -1.01. The van der Waals surface area contributed by atoms with Crippen molar-refractivity contribution in [2.75, 3.05) is 5.73 Å². The van der Waals surface area contributed by atoms with Gasteiger partial charge in [-0.2, -0.15) is 0 Å². The number of pyridine rings is 1. The lowest BCUT2D eigenvalue weighted by Gasteiger charge is -2.09. The van der Waals surface area contributed by atoms with Gasteiger partial charge >= 0.3 is 0 Å². The topological polar surface area (TPSA) is 38.9 Å². The van der Waals surface area contributed by atoms with Crippen molar-refractivity contribution in [3.8, 4) is 12.3 Å². The van der Waals surface area contributed by atoms with E-state index in [1.165, 1.54) is 0 Å². The van der Waals surface area contributed by atoms with Crippen LogP contribution in [-0.4, -0.2) is 4.98 Å². The largest absolute Gasteiger partial charge is 0.384 e. The number of nitrogens with two attached hydrogens (primary N) is 1. The third kappa shape index (κ3) is 1.70. The fraction of sp³-hybridized carbons (Fsp3) is 0.154. The summed E-state index contributed by atoms with van der Waals surface area (Å²) < 4.78 is 26.9. The number of fused-ring (bicyclic) bond motifs is 1. The number of terminal acetylenes is 1. The number of hydrogen-bond donors (Lipinski definition) is 1. The monoisotopic (exact) mass is 232 g/mol. The second-order valence-electron chi connectivity index (χ2n) is 3.65. The number of hydrogen-bond acceptors (Lipinski definition) is 2. The second-order valence-corrected chi connectivity index (χ2v) is 3.65. The second kappa shape index (κ2) is 4.02. The summed E-state index contributed by atoms with van der Waals surface area (Å²) >= 11 is 0. The lowest BCUT2D eigenvalue weighted by molar-refractivity contribution is 0.508. The lowest BCUT2D eigenvalue weighted by atomic mass is 10.0. The molecule has 2 nitrogen and oxygen atoms in total. The SMILES string of the molecule is C#Cc1c(F)c(F)cc2nc(N)cc(CC)c12. The minimum Gasteiger partial charge on any atom is -0.384 e. The van der Waals surface area contributed by atoms with Gasteiger partial charge in [-0.3, -0.25) is 0 Å². The lowest BCUT2D eigenvalue weighted by Crippen LogP contribution is -2.00. The fourth-order valence-corrected chi connectivity index (χ4v) is 1.86. The Morgan fingerprint density at radius 2 is 2.12 bits per heavy atom. The van der Waals surface area contributed by atoms with Crippen LogP contribution in [0.1, 0.15) is 18.1 Å². The molecule has 0 spiro atoms. The minimum absolute atomic E-state index is 0.0932. The first-order valence-electron chi connectivity index (χ1n) is 5.12. The van der Waals surface area contributed by atoms with Crippen molar-refractivity contribution in [2.24, 2.45) is 0 Å². The summed E-state index contributed by atoms with van der Waals surface area (Å²) in [6, 6.07) is 2.64. The van der Waals surface area contributed by atoms with Crippen LogP contribution in [0.25, 0.3) is 10.9 Å². The Bertz CT molecular complexity index is 642. The summed E-state index contributed by atoms with van der Waals surface area (Å²) in [5.41, 5.74) is 6.56. The van der Waals surface area contributed by atoms with E-state index in [0.29, 0.717) is 11.8 Å². The first kappa shape index (κ1) is 11.3. The van der Waals surface area contributed by atoms with Gasteiger partial charge in [-0.15, -0.1) is 6.42 Å². The zero-order chi connectivity index (χ0) is 12.6. The Hall–Kier alpha value is -2.15. The van der Waals surface area contributed by atoms with Gasteiger partial charge in [0.2, 0.25) is 0 Å². The Morgan fingerprint density at radius 3 is 2.71 bits per heavy atom. The number of nitrogens with zero attached hydrogens (tertiary/aromatic N) is 1. The number of aromatic nitrogens is 1. The third-order valence-corrected chi connectivity index (χ3v) is 2.62. The number of halogens is 2. The maximum absolute atomic E-state index is 13.6. The number of rotatable bonds is 1. The van der Waals surface area contributed by atoms with Gasteiger partial charge in [0.15, 0.2) is 11.6 Å². The molecule has 0 bridgehead atoms. The van der Waals surface area contributed by atoms with Gasteiger partial charge in [0, 0.05) is 11.5 Å². The molecule has 0 atom stereocenters. The highest BCUT2D eigenvalue weighted by molar-refractivity contribution is 5.89. The average Bonchev–Trinajstić information content (AvgIpc) is 2.30. The molecule has 2 aromatic rings. The zero-order valence-electron chi connectivity index (χ0n) is 9.22. The molecule has 86 valence electrons. The molecule has 1 aromatic carbocycles. The van der Waals surface area contributed by atoms with Gasteiger partial charge in [-0.25, -0.2) is 13.8 Å². The number of nitrogen functional groups attached to an aromatic ring is 1. The van der Waals surface area contributed by atoms with Crippen molar-refractivity contribution in [3.05, 3.63) is 34.9 Å². The number of benzene rings is 1. The average molecular weight is 232 g/mol. The Balaban J connectivity index is 3.02. The Kier molecular flexibility index (Phi) is 2.68. The van der Waals surface area contributed by atoms with Crippen LogP contribution < -0.4 is 5.73 Å². The molecule has 0 aliphatic heterocycles. The molecule has 0 aliphatic carbocycles. The van der Waals surface area contributed by atoms with E-state index >= 15 is 0 Å². The molecule has 0 aliphatic rings. The summed E-state index contributed by atoms with van der Waals surface area (Å²) in [5.74, 6) is 0.423. The molecular formula is C13H10F2N2. The van der Waals surface area contributed by atoms with E-state index in [1.807, 2.05) is 6.92 Å². The maximum Gasteiger partial charge on any atom is 0.175 e. The molecule has 0 saturated heterocycles. The van der Waals surface area contributed by atoms with E-state index in [0.717, 1.165) is 11.6 Å². The zero-order valence-corrected chi connectivity index (χ0v) is 9.22. The van der Waals surface area contributed by atoms with Crippen LogP contribution in [0.4, 0.5) is 14.6 Å². The first-order chi connectivity index (χ1) is 8.08. The van der Waals surface area contributed by atoms with Crippen molar-refractivity contribution >= 4 is 16.7 Å². The molecule has 1 aromatic heterocycles. The Morgan fingerprint density at radius 1 is 1.41 bits per heavy atom. The molecule has 0 fully saturated rings. The number of anilines is 1. The molecule has 0 unspecified atom stereocenters. The van der Waals surface area contributed by atoms with Gasteiger partial charge in [-0.1, -0.05) is 12.8 Å². The van der Waals surface area contributed by atoms with E-state index < -0.39 is 11.6 Å². The van der Waals surface area contributed by atoms with Gasteiger partial charge in [-0.05, 0) is 18.1 Å². The van der Waals surface area contributed by atoms with Crippen molar-refractivity contribution < 1.29 is 8.78 Å². The van der Waals surface area contributed by atoms with Gasteiger partial charge in [0.1, 0.15) is 5.82 Å². The van der Waals surface area contributed by atoms with Crippen LogP contribution in [0.2, 0.25) is 0 Å². The predicted molar refractivity (Wildman–Crippen MR) is 63.4 cm³/mol. The third-order valence-electron chi connectivity index (χ3n) is 2.62. The summed E-state index contributed by atoms with van der Waals surface area (Å²) in [4.78, 5) is 3.97. The van der Waals surface area contributed by atoms with Crippen LogP contribution in [0, 0.1) is 24.0 Å². The van der Waals surface area contributed by atoms with E-state index in [1.54, 1.807) is 6.07 Å². The van der Waals surface area contributed by atoms with E-state index in [2.05, 4.69) is 10.9 Å². The number of aryl methyl sites for hydroxylation is 1. The summed E-state index contributed by atoms with van der Waals surface area (Å²) in [5, 5.41) is 0.461. The molecule has 1 heterocycles. The van der Waals surface area contributed by atoms with E-state index in [-0.39, 0.29) is 16.9 Å². The molecule has 4 heteroatoms. The highest BCUT2D eigenvalue weighted by Crippen LogP contribution is 2.27. The Labute approximate surface area is 97.5 Å².